The predicted octanol–water partition coefficient (Wildman–Crippen LogP) is 12.2. The van der Waals surface area contributed by atoms with Crippen LogP contribution in [0.5, 0.6) is 0 Å². The summed E-state index contributed by atoms with van der Waals surface area (Å²) in [7, 11) is -8.08. The van der Waals surface area contributed by atoms with Gasteiger partial charge in [-0.3, -0.25) is 33.8 Å². The number of rotatable bonds is 32. The van der Waals surface area contributed by atoms with Gasteiger partial charge in [-0.1, -0.05) is 112 Å². The number of aliphatic hydroxyl groups is 1. The van der Waals surface area contributed by atoms with Gasteiger partial charge >= 0.3 is 0 Å². The number of piperazine rings is 1. The zero-order valence-corrected chi connectivity index (χ0v) is 68.3. The number of likely N-dealkylation sites (tertiary alicyclic amines) is 2. The summed E-state index contributed by atoms with van der Waals surface area (Å²) in [5.41, 5.74) is 9.77. The van der Waals surface area contributed by atoms with Gasteiger partial charge in [-0.25, -0.2) is 21.8 Å². The van der Waals surface area contributed by atoms with E-state index in [1.165, 1.54) is 33.7 Å². The van der Waals surface area contributed by atoms with Gasteiger partial charge in [0.2, 0.25) is 23.6 Å². The summed E-state index contributed by atoms with van der Waals surface area (Å²) in [5.74, 6) is -1.57. The number of ether oxygens (including phenoxy) is 1. The van der Waals surface area contributed by atoms with Gasteiger partial charge < -0.3 is 40.5 Å². The molecule has 4 fully saturated rings. The number of thiazole rings is 1. The summed E-state index contributed by atoms with van der Waals surface area (Å²) >= 11 is 9.73. The molecular weight excluding hydrogens is 1470 g/mol. The number of allylic oxidation sites excluding steroid dienone is 1. The second-order valence-corrected chi connectivity index (χ2v) is 38.5. The SMILES string of the molecule is Cc1ncsc1-c1ccc([C@H](C)NC(=O)[C@@H]2C[C@@H](O)CN2C(=O)[C@@H](NC(=O)CCCCCC(=O)N[C@H]2CCCN(CC3(C)CCC(c4ccc(Cl)cc4)=C(CN4CCN(c5ccc(C(=O)CS(=O)(=O)c6ccc(C[C@H](CCN7CCOCC7)CSc7ccccc7)c(S(C)(=O)=O)c6)cc5)CC4)C3)C2)C(C)(C)C)cc1. The second kappa shape index (κ2) is 37.7. The van der Waals surface area contributed by atoms with E-state index in [1.807, 2.05) is 107 Å². The lowest BCUT2D eigenvalue weighted by Crippen LogP contribution is -2.57. The van der Waals surface area contributed by atoms with Gasteiger partial charge in [0.25, 0.3) is 0 Å². The highest BCUT2D eigenvalue weighted by Crippen LogP contribution is 2.45. The third-order valence-corrected chi connectivity index (χ3v) is 27.5. The number of nitrogens with zero attached hydrogens (tertiary/aromatic N) is 6. The molecule has 5 heterocycles. The fraction of sp³-hybridized carbons (Fsp3) is 0.524. The second-order valence-electron chi connectivity index (χ2n) is 32.1. The van der Waals surface area contributed by atoms with Crippen molar-refractivity contribution in [3.63, 3.8) is 0 Å². The zero-order valence-electron chi connectivity index (χ0n) is 64.3. The van der Waals surface area contributed by atoms with Crippen LogP contribution in [0, 0.1) is 23.7 Å². The smallest absolute Gasteiger partial charge is 0.246 e. The first-order chi connectivity index (χ1) is 52.0. The van der Waals surface area contributed by atoms with Crippen LogP contribution in [0.3, 0.4) is 0 Å². The van der Waals surface area contributed by atoms with Gasteiger partial charge in [0.1, 0.15) is 17.8 Å². The number of nitrogens with one attached hydrogen (secondary N) is 3. The zero-order chi connectivity index (χ0) is 77.6. The van der Waals surface area contributed by atoms with Gasteiger partial charge in [-0.15, -0.1) is 23.1 Å². The Morgan fingerprint density at radius 2 is 1.50 bits per heavy atom. The number of hydrogen-bond donors (Lipinski definition) is 4. The molecule has 7 atom stereocenters. The molecule has 4 N–H and O–H groups in total. The van der Waals surface area contributed by atoms with E-state index >= 15 is 0 Å². The maximum Gasteiger partial charge on any atom is 0.246 e. The number of thioether (sulfide) groups is 1. The Bertz CT molecular complexity index is 4370. The average molecular weight is 1590 g/mol. The number of halogens is 1. The molecule has 4 aliphatic heterocycles. The lowest BCUT2D eigenvalue weighted by Gasteiger charge is -2.44. The van der Waals surface area contributed by atoms with Crippen LogP contribution in [0.1, 0.15) is 150 Å². The molecule has 6 aromatic rings. The average Bonchev–Trinajstić information content (AvgIpc) is 1.00. The van der Waals surface area contributed by atoms with Crippen LogP contribution in [0.2, 0.25) is 5.02 Å². The van der Waals surface area contributed by atoms with Crippen molar-refractivity contribution in [3.8, 4) is 10.4 Å². The molecular formula is C84H110ClN9O11S4. The molecule has 4 amide bonds. The van der Waals surface area contributed by atoms with Crippen LogP contribution < -0.4 is 20.9 Å². The summed E-state index contributed by atoms with van der Waals surface area (Å²) in [6.45, 7) is 22.4. The molecule has 588 valence electrons. The monoisotopic (exact) mass is 1580 g/mol. The fourth-order valence-corrected chi connectivity index (χ4v) is 20.4. The minimum Gasteiger partial charge on any atom is -0.391 e. The number of sulfone groups is 2. The molecule has 0 spiro atoms. The standard InChI is InChI=1S/C84H110ClN9O11S4/c1-58(61-20-22-64(23-21-61)79-59(2)86-57-107-79)87-81(99)74-48-70(95)53-94(74)82(100)80(83(3,4)5)89-78(98)19-13-9-12-18-77(97)88-68-15-14-37-92(52-68)56-84(6)36-34-73(62-24-29-67(85)30-25-62)66(50-84)51-91-39-41-93(42-40-91)69-31-26-63(27-32-69)75(96)55-109(103,104)72-33-28-65(76(49-72)108(7,101)102)47-60(35-38-90-43-45-105-46-44-90)54-106-71-16-10-8-11-17-71/h8,10-11,16-17,20-33,49,57-58,60,68,70,74,80,95H,9,12-15,18-19,34-48,50-56H2,1-7H3,(H,87,99)(H,88,97)(H,89,98)/t58-,60-,68-,70+,74-,80+,84?/m0/s1. The number of carbonyl (C=O) groups is 5. The number of β-amino-alcohol motifs (C(OH)–C–C–N with tert-alkyl or cyclic N) is 1. The number of aromatic nitrogens is 1. The number of aliphatic hydroxyl groups excluding tert-OH is 1. The predicted molar refractivity (Wildman–Crippen MR) is 435 cm³/mol. The van der Waals surface area contributed by atoms with Crippen molar-refractivity contribution in [1.29, 1.82) is 0 Å². The fourth-order valence-electron chi connectivity index (χ4n) is 16.1. The van der Waals surface area contributed by atoms with Crippen LogP contribution in [0.25, 0.3) is 16.0 Å². The van der Waals surface area contributed by atoms with E-state index in [0.29, 0.717) is 55.9 Å². The Hall–Kier alpha value is -6.84. The van der Waals surface area contributed by atoms with E-state index < -0.39 is 60.7 Å². The normalized spacial score (nSPS) is 20.9. The van der Waals surface area contributed by atoms with E-state index in [0.717, 1.165) is 155 Å². The van der Waals surface area contributed by atoms with Crippen molar-refractivity contribution >= 4 is 95.0 Å². The number of ketones is 1. The molecule has 1 unspecified atom stereocenters. The van der Waals surface area contributed by atoms with Crippen molar-refractivity contribution < 1.29 is 50.7 Å². The number of hydrogen-bond acceptors (Lipinski definition) is 18. The molecule has 11 rings (SSSR count). The van der Waals surface area contributed by atoms with Gasteiger partial charge in [0.15, 0.2) is 25.5 Å². The number of Topliss-reactive ketones (excluding diaryl/α,β-unsaturated/α-hetero) is 1. The third-order valence-electron chi connectivity index (χ3n) is 22.2. The molecule has 109 heavy (non-hydrogen) atoms. The summed E-state index contributed by atoms with van der Waals surface area (Å²) in [4.78, 5) is 86.6. The molecule has 0 radical (unpaired) electrons. The van der Waals surface area contributed by atoms with E-state index in [4.69, 9.17) is 16.3 Å². The Morgan fingerprint density at radius 1 is 0.798 bits per heavy atom. The Labute approximate surface area is 658 Å². The summed E-state index contributed by atoms with van der Waals surface area (Å²) in [6, 6.07) is 35.5. The maximum absolute atomic E-state index is 14.3. The van der Waals surface area contributed by atoms with Crippen LogP contribution in [-0.2, 0) is 50.0 Å². The molecule has 4 saturated heterocycles. The van der Waals surface area contributed by atoms with Gasteiger partial charge in [-0.2, -0.15) is 0 Å². The van der Waals surface area contributed by atoms with Crippen molar-refractivity contribution in [2.45, 2.75) is 170 Å². The highest BCUT2D eigenvalue weighted by molar-refractivity contribution is 7.99. The van der Waals surface area contributed by atoms with Gasteiger partial charge in [0, 0.05) is 124 Å². The number of unbranched alkanes of at least 4 members (excludes halogenated alkanes) is 2. The first kappa shape index (κ1) is 83.1. The van der Waals surface area contributed by atoms with Gasteiger partial charge in [0.05, 0.1) is 51.2 Å². The number of morpholine rings is 1. The van der Waals surface area contributed by atoms with Crippen molar-refractivity contribution in [1.82, 2.24) is 40.5 Å². The van der Waals surface area contributed by atoms with E-state index in [1.54, 1.807) is 41.3 Å². The largest absolute Gasteiger partial charge is 0.391 e. The summed E-state index contributed by atoms with van der Waals surface area (Å²) < 4.78 is 60.4. The topological polar surface area (TPSA) is 248 Å². The lowest BCUT2D eigenvalue weighted by atomic mass is 9.71. The minimum atomic E-state index is -4.23. The van der Waals surface area contributed by atoms with Crippen molar-refractivity contribution in [3.05, 3.63) is 165 Å². The first-order valence-electron chi connectivity index (χ1n) is 38.7. The molecule has 5 aromatic carbocycles. The number of aryl methyl sites for hydroxylation is 1. The minimum absolute atomic E-state index is 0.00400. The van der Waals surface area contributed by atoms with Crippen molar-refractivity contribution in [2.24, 2.45) is 16.7 Å². The molecule has 20 nitrogen and oxygen atoms in total. The highest BCUT2D eigenvalue weighted by atomic mass is 35.5. The molecule has 25 heteroatoms. The van der Waals surface area contributed by atoms with Crippen LogP contribution in [-0.4, -0.2) is 210 Å². The first-order valence-corrected chi connectivity index (χ1v) is 44.5. The Morgan fingerprint density at radius 3 is 2.17 bits per heavy atom. The van der Waals surface area contributed by atoms with Crippen LogP contribution >= 0.6 is 34.7 Å². The van der Waals surface area contributed by atoms with Crippen molar-refractivity contribution in [2.75, 3.05) is 114 Å². The number of amides is 4. The molecule has 0 bridgehead atoms. The molecule has 1 aromatic heterocycles. The quantitative estimate of drug-likeness (QED) is 0.0174. The van der Waals surface area contributed by atoms with E-state index in [9.17, 15) is 45.9 Å². The third kappa shape index (κ3) is 23.2. The van der Waals surface area contributed by atoms with E-state index in [2.05, 4.69) is 71.7 Å². The highest BCUT2D eigenvalue weighted by Gasteiger charge is 2.45. The van der Waals surface area contributed by atoms with Gasteiger partial charge in [-0.05, 0) is 190 Å². The molecule has 5 aliphatic rings. The summed E-state index contributed by atoms with van der Waals surface area (Å²) in [6.07, 6.45) is 8.67. The Kier molecular flexibility index (Phi) is 28.7. The summed E-state index contributed by atoms with van der Waals surface area (Å²) in [5, 5.41) is 20.9. The number of carbonyl (C=O) groups excluding carboxylic acids is 5. The maximum atomic E-state index is 14.3. The van der Waals surface area contributed by atoms with Crippen LogP contribution in [0.15, 0.2) is 147 Å². The molecule has 0 saturated carbocycles. The lowest BCUT2D eigenvalue weighted by molar-refractivity contribution is -0.144. The Balaban J connectivity index is 0.624. The number of benzene rings is 5. The molecule has 1 aliphatic carbocycles. The van der Waals surface area contributed by atoms with Crippen LogP contribution in [0.4, 0.5) is 5.69 Å². The van der Waals surface area contributed by atoms with E-state index in [-0.39, 0.29) is 75.9 Å². The number of anilines is 1. The number of piperidine rings is 1.